The summed E-state index contributed by atoms with van der Waals surface area (Å²) in [5.74, 6) is -0.440. The van der Waals surface area contributed by atoms with E-state index in [4.69, 9.17) is 17.3 Å². The average molecular weight is 470 g/mol. The minimum absolute atomic E-state index is 0.0606. The second kappa shape index (κ2) is 10.1. The minimum Gasteiger partial charge on any atom is -0.478 e. The van der Waals surface area contributed by atoms with Gasteiger partial charge in [-0.3, -0.25) is 0 Å². The zero-order valence-electron chi connectivity index (χ0n) is 17.9. The molecule has 0 aliphatic heterocycles. The summed E-state index contributed by atoms with van der Waals surface area (Å²) in [5, 5.41) is 16.4. The number of hydrogen-bond acceptors (Lipinski definition) is 6. The van der Waals surface area contributed by atoms with E-state index >= 15 is 0 Å². The Labute approximate surface area is 196 Å². The molecule has 33 heavy (non-hydrogen) atoms. The number of nitrogens with one attached hydrogen (secondary N) is 2. The molecular formula is C24H25ClFN5O2. The fourth-order valence-corrected chi connectivity index (χ4v) is 4.11. The molecule has 0 unspecified atom stereocenters. The van der Waals surface area contributed by atoms with Crippen molar-refractivity contribution in [3.05, 3.63) is 70.6 Å². The van der Waals surface area contributed by atoms with Crippen LogP contribution in [0.15, 0.2) is 48.7 Å². The maximum absolute atomic E-state index is 13.5. The molecule has 5 N–H and O–H groups in total. The summed E-state index contributed by atoms with van der Waals surface area (Å²) in [6, 6.07) is 11.4. The van der Waals surface area contributed by atoms with Gasteiger partial charge < -0.3 is 21.5 Å². The van der Waals surface area contributed by atoms with E-state index in [1.54, 1.807) is 18.2 Å². The van der Waals surface area contributed by atoms with Gasteiger partial charge in [-0.25, -0.2) is 19.2 Å². The number of carbonyl (C=O) groups is 1. The fourth-order valence-electron chi connectivity index (χ4n) is 3.91. The van der Waals surface area contributed by atoms with E-state index in [1.807, 2.05) is 0 Å². The number of benzene rings is 1. The zero-order valence-corrected chi connectivity index (χ0v) is 18.6. The van der Waals surface area contributed by atoms with Crippen LogP contribution >= 0.6 is 11.6 Å². The van der Waals surface area contributed by atoms with Gasteiger partial charge in [0.05, 0.1) is 16.3 Å². The van der Waals surface area contributed by atoms with Crippen LogP contribution in [0, 0.1) is 5.82 Å². The van der Waals surface area contributed by atoms with Crippen LogP contribution in [0.3, 0.4) is 0 Å². The lowest BCUT2D eigenvalue weighted by molar-refractivity contribution is 0.0697. The van der Waals surface area contributed by atoms with Gasteiger partial charge in [-0.05, 0) is 61.6 Å². The van der Waals surface area contributed by atoms with Crippen molar-refractivity contribution in [2.24, 2.45) is 5.73 Å². The van der Waals surface area contributed by atoms with Crippen LogP contribution < -0.4 is 16.4 Å². The Bertz CT molecular complexity index is 1150. The summed E-state index contributed by atoms with van der Waals surface area (Å²) < 4.78 is 13.5. The molecule has 0 atom stereocenters. The van der Waals surface area contributed by atoms with Gasteiger partial charge in [-0.1, -0.05) is 23.7 Å². The highest BCUT2D eigenvalue weighted by molar-refractivity contribution is 6.33. The lowest BCUT2D eigenvalue weighted by Gasteiger charge is -2.27. The summed E-state index contributed by atoms with van der Waals surface area (Å²) >= 11 is 6.41. The van der Waals surface area contributed by atoms with Gasteiger partial charge in [-0.15, -0.1) is 0 Å². The Hall–Kier alpha value is -3.23. The van der Waals surface area contributed by atoms with Crippen molar-refractivity contribution in [3.8, 4) is 11.3 Å². The number of pyridine rings is 2. The lowest BCUT2D eigenvalue weighted by atomic mass is 9.92. The van der Waals surface area contributed by atoms with Crippen molar-refractivity contribution in [2.75, 3.05) is 10.6 Å². The van der Waals surface area contributed by atoms with E-state index < -0.39 is 5.97 Å². The van der Waals surface area contributed by atoms with Crippen molar-refractivity contribution >= 4 is 29.2 Å². The SMILES string of the molecule is NC1CCC(Nc2cc(-c3cc(C(=O)O)cc(NCc4cccc(F)c4)n3)c(Cl)cn2)CC1. The molecule has 0 saturated heterocycles. The molecule has 3 aromatic rings. The number of halogens is 2. The Balaban J connectivity index is 1.59. The standard InChI is InChI=1S/C24H25ClFN5O2/c25-20-13-29-23(30-18-6-4-17(27)5-7-18)11-19(20)21-9-15(24(32)33)10-22(31-21)28-12-14-2-1-3-16(26)8-14/h1-3,8-11,13,17-18H,4-7,12,27H2,(H,28,31)(H,29,30)(H,32,33). The maximum atomic E-state index is 13.5. The molecule has 4 rings (SSSR count). The normalized spacial score (nSPS) is 18.0. The molecule has 0 amide bonds. The number of nitrogens with zero attached hydrogens (tertiary/aromatic N) is 2. The summed E-state index contributed by atoms with van der Waals surface area (Å²) in [7, 11) is 0. The molecular weight excluding hydrogens is 445 g/mol. The zero-order chi connectivity index (χ0) is 23.4. The first kappa shape index (κ1) is 22.9. The third kappa shape index (κ3) is 5.97. The number of aromatic nitrogens is 2. The number of aromatic carboxylic acids is 1. The molecule has 1 aliphatic rings. The Morgan fingerprint density at radius 3 is 2.67 bits per heavy atom. The molecule has 172 valence electrons. The third-order valence-corrected chi connectivity index (χ3v) is 5.99. The first-order chi connectivity index (χ1) is 15.9. The smallest absolute Gasteiger partial charge is 0.335 e. The van der Waals surface area contributed by atoms with Crippen LogP contribution in [-0.4, -0.2) is 33.1 Å². The minimum atomic E-state index is -1.09. The molecule has 1 aliphatic carbocycles. The number of rotatable bonds is 7. The lowest BCUT2D eigenvalue weighted by Crippen LogP contribution is -2.33. The summed E-state index contributed by atoms with van der Waals surface area (Å²) in [6.07, 6.45) is 5.37. The maximum Gasteiger partial charge on any atom is 0.335 e. The Kier molecular flexibility index (Phi) is 7.05. The third-order valence-electron chi connectivity index (χ3n) is 5.69. The molecule has 1 saturated carbocycles. The quantitative estimate of drug-likeness (QED) is 0.388. The molecule has 0 spiro atoms. The van der Waals surface area contributed by atoms with Crippen molar-refractivity contribution in [3.63, 3.8) is 0 Å². The van der Waals surface area contributed by atoms with E-state index in [0.29, 0.717) is 33.5 Å². The molecule has 2 aromatic heterocycles. The number of nitrogens with two attached hydrogens (primary N) is 1. The molecule has 2 heterocycles. The van der Waals surface area contributed by atoms with Gasteiger partial charge in [0.1, 0.15) is 17.5 Å². The van der Waals surface area contributed by atoms with Gasteiger partial charge in [0.25, 0.3) is 0 Å². The monoisotopic (exact) mass is 469 g/mol. The van der Waals surface area contributed by atoms with Crippen molar-refractivity contribution in [1.82, 2.24) is 9.97 Å². The van der Waals surface area contributed by atoms with Crippen LogP contribution in [0.2, 0.25) is 5.02 Å². The van der Waals surface area contributed by atoms with E-state index in [-0.39, 0.29) is 30.0 Å². The highest BCUT2D eigenvalue weighted by atomic mass is 35.5. The number of carboxylic acids is 1. The number of carboxylic acid groups (broad SMARTS) is 1. The van der Waals surface area contributed by atoms with E-state index in [1.165, 1.54) is 30.5 Å². The number of anilines is 2. The largest absolute Gasteiger partial charge is 0.478 e. The summed E-state index contributed by atoms with van der Waals surface area (Å²) in [4.78, 5) is 20.7. The molecule has 1 fully saturated rings. The molecule has 9 heteroatoms. The van der Waals surface area contributed by atoms with Gasteiger partial charge in [0, 0.05) is 30.4 Å². The predicted octanol–water partition coefficient (Wildman–Crippen LogP) is 4.93. The fraction of sp³-hybridized carbons (Fsp3) is 0.292. The van der Waals surface area contributed by atoms with Gasteiger partial charge in [0.15, 0.2) is 0 Å². The highest BCUT2D eigenvalue weighted by Crippen LogP contribution is 2.31. The van der Waals surface area contributed by atoms with Crippen LogP contribution in [0.25, 0.3) is 11.3 Å². The van der Waals surface area contributed by atoms with Gasteiger partial charge in [-0.2, -0.15) is 0 Å². The second-order valence-corrected chi connectivity index (χ2v) is 8.63. The Morgan fingerprint density at radius 2 is 1.94 bits per heavy atom. The van der Waals surface area contributed by atoms with Crippen molar-refractivity contribution in [2.45, 2.75) is 44.3 Å². The van der Waals surface area contributed by atoms with E-state index in [2.05, 4.69) is 20.6 Å². The van der Waals surface area contributed by atoms with Gasteiger partial charge in [0.2, 0.25) is 0 Å². The summed E-state index contributed by atoms with van der Waals surface area (Å²) in [5.41, 5.74) is 7.73. The first-order valence-corrected chi connectivity index (χ1v) is 11.2. The Morgan fingerprint density at radius 1 is 1.15 bits per heavy atom. The topological polar surface area (TPSA) is 113 Å². The van der Waals surface area contributed by atoms with Crippen LogP contribution in [0.4, 0.5) is 16.0 Å². The van der Waals surface area contributed by atoms with Gasteiger partial charge >= 0.3 is 5.97 Å². The van der Waals surface area contributed by atoms with Crippen LogP contribution in [0.5, 0.6) is 0 Å². The highest BCUT2D eigenvalue weighted by Gasteiger charge is 2.19. The molecule has 0 bridgehead atoms. The molecule has 1 aromatic carbocycles. The van der Waals surface area contributed by atoms with Crippen molar-refractivity contribution < 1.29 is 14.3 Å². The molecule has 0 radical (unpaired) electrons. The van der Waals surface area contributed by atoms with E-state index in [0.717, 1.165) is 25.7 Å². The predicted molar refractivity (Wildman–Crippen MR) is 127 cm³/mol. The summed E-state index contributed by atoms with van der Waals surface area (Å²) in [6.45, 7) is 0.286. The second-order valence-electron chi connectivity index (χ2n) is 8.22. The number of hydrogen-bond donors (Lipinski definition) is 4. The van der Waals surface area contributed by atoms with Crippen molar-refractivity contribution in [1.29, 1.82) is 0 Å². The molecule has 7 nitrogen and oxygen atoms in total. The first-order valence-electron chi connectivity index (χ1n) is 10.8. The van der Waals surface area contributed by atoms with Crippen LogP contribution in [0.1, 0.15) is 41.6 Å². The van der Waals surface area contributed by atoms with E-state index in [9.17, 15) is 14.3 Å². The average Bonchev–Trinajstić information content (AvgIpc) is 2.80. The van der Waals surface area contributed by atoms with Crippen LogP contribution in [-0.2, 0) is 6.54 Å².